The van der Waals surface area contributed by atoms with E-state index in [-0.39, 0.29) is 34.7 Å². The molecule has 2 aliphatic rings. The van der Waals surface area contributed by atoms with Crippen LogP contribution in [0.5, 0.6) is 0 Å². The third-order valence-electron chi connectivity index (χ3n) is 7.76. The van der Waals surface area contributed by atoms with Crippen molar-refractivity contribution in [3.8, 4) is 0 Å². The molecule has 1 saturated heterocycles. The van der Waals surface area contributed by atoms with Gasteiger partial charge in [-0.25, -0.2) is 23.3 Å². The number of nitrogens with two attached hydrogens (primary N) is 1. The maximum absolute atomic E-state index is 15.1. The van der Waals surface area contributed by atoms with Crippen LogP contribution in [0.4, 0.5) is 29.2 Å². The second kappa shape index (κ2) is 14.9. The number of alkyl halides is 3. The molecule has 1 saturated carbocycles. The number of nitrogens with one attached hydrogen (secondary N) is 2. The number of likely N-dealkylation sites (tertiary alicyclic amines) is 1. The van der Waals surface area contributed by atoms with E-state index < -0.39 is 39.8 Å². The fraction of sp³-hybridized carbons (Fsp3) is 0.567. The molecule has 0 spiro atoms. The van der Waals surface area contributed by atoms with E-state index in [1.165, 1.54) is 58.1 Å². The molecule has 1 aliphatic carbocycles. The molecule has 1 aromatic carbocycles. The number of hydrogen-bond donors (Lipinski definition) is 4. The van der Waals surface area contributed by atoms with E-state index in [0.29, 0.717) is 6.20 Å². The summed E-state index contributed by atoms with van der Waals surface area (Å²) in [5.74, 6) is -0.310. The second-order valence-electron chi connectivity index (χ2n) is 12.1. The van der Waals surface area contributed by atoms with Crippen LogP contribution in [0.1, 0.15) is 70.1 Å². The Bertz CT molecular complexity index is 1350. The number of piperidine rings is 1. The molecular weight excluding hydrogens is 598 g/mol. The minimum atomic E-state index is -4.80. The quantitative estimate of drug-likeness (QED) is 0.197. The molecular formula is C30H41F4N7O2S. The number of anilines is 2. The molecule has 2 fully saturated rings. The third kappa shape index (κ3) is 9.78. The van der Waals surface area contributed by atoms with Gasteiger partial charge in [0.2, 0.25) is 5.95 Å². The molecule has 1 aromatic heterocycles. The van der Waals surface area contributed by atoms with Crippen molar-refractivity contribution in [1.29, 1.82) is 0 Å². The average molecular weight is 640 g/mol. The Kier molecular flexibility index (Phi) is 11.5. The van der Waals surface area contributed by atoms with E-state index in [2.05, 4.69) is 29.9 Å². The fourth-order valence-electron chi connectivity index (χ4n) is 5.44. The summed E-state index contributed by atoms with van der Waals surface area (Å²) in [5.41, 5.74) is 2.41. The van der Waals surface area contributed by atoms with E-state index in [1.807, 2.05) is 0 Å². The van der Waals surface area contributed by atoms with E-state index in [9.17, 15) is 22.5 Å². The van der Waals surface area contributed by atoms with Gasteiger partial charge in [0, 0.05) is 36.8 Å². The number of aliphatic imine (C=N–C) groups is 1. The standard InChI is InChI=1S/C30H41F4N7O2S/c1-29(2,42)19-36-16-21(15-35)27-24(30(32,33)34)17-37-28(39-27)38-26-9-8-23(14-25(26)31)44(43)40-22-10-12-41(13-11-22)18-20-6-4-3-5-7-20/h8-9,14-17,20,22,40,42H,3-7,10-13,18-19,35H2,1-2H3,(H,37,38,39)/b21-15+,36-16?. The smallest absolute Gasteiger partial charge is 0.404 e. The zero-order chi connectivity index (χ0) is 31.9. The molecule has 1 aliphatic heterocycles. The lowest BCUT2D eigenvalue weighted by molar-refractivity contribution is -0.138. The molecule has 4 rings (SSSR count). The fourth-order valence-corrected chi connectivity index (χ4v) is 6.52. The van der Waals surface area contributed by atoms with Crippen molar-refractivity contribution < 1.29 is 26.9 Å². The number of allylic oxidation sites excluding steroid dienone is 1. The Hall–Kier alpha value is -2.94. The van der Waals surface area contributed by atoms with Crippen LogP contribution in [0, 0.1) is 11.7 Å². The highest BCUT2D eigenvalue weighted by molar-refractivity contribution is 7.83. The molecule has 14 heteroatoms. The van der Waals surface area contributed by atoms with Crippen molar-refractivity contribution in [2.75, 3.05) is 31.5 Å². The normalized spacial score (nSPS) is 19.0. The first-order valence-electron chi connectivity index (χ1n) is 14.9. The zero-order valence-corrected chi connectivity index (χ0v) is 25.9. The van der Waals surface area contributed by atoms with Crippen LogP contribution in [-0.2, 0) is 17.2 Å². The summed E-state index contributed by atoms with van der Waals surface area (Å²) in [6, 6.07) is 3.98. The van der Waals surface area contributed by atoms with Gasteiger partial charge in [0.1, 0.15) is 22.4 Å². The van der Waals surface area contributed by atoms with Crippen LogP contribution in [0.25, 0.3) is 5.57 Å². The van der Waals surface area contributed by atoms with Crippen molar-refractivity contribution in [1.82, 2.24) is 19.6 Å². The summed E-state index contributed by atoms with van der Waals surface area (Å²) in [6.45, 7) is 5.90. The number of nitrogens with zero attached hydrogens (tertiary/aromatic N) is 4. The predicted molar refractivity (Wildman–Crippen MR) is 164 cm³/mol. The summed E-state index contributed by atoms with van der Waals surface area (Å²) in [5, 5.41) is 12.4. The van der Waals surface area contributed by atoms with Gasteiger partial charge in [0.15, 0.2) is 0 Å². The van der Waals surface area contributed by atoms with Crippen LogP contribution in [0.2, 0.25) is 0 Å². The van der Waals surface area contributed by atoms with E-state index in [1.54, 1.807) is 0 Å². The minimum Gasteiger partial charge on any atom is -0.404 e. The molecule has 242 valence electrons. The van der Waals surface area contributed by atoms with E-state index in [4.69, 9.17) is 5.73 Å². The predicted octanol–water partition coefficient (Wildman–Crippen LogP) is 5.18. The molecule has 2 heterocycles. The second-order valence-corrected chi connectivity index (χ2v) is 13.3. The van der Waals surface area contributed by atoms with Crippen LogP contribution < -0.4 is 15.8 Å². The van der Waals surface area contributed by atoms with Gasteiger partial charge in [-0.1, -0.05) is 19.3 Å². The lowest BCUT2D eigenvalue weighted by Crippen LogP contribution is -2.44. The van der Waals surface area contributed by atoms with Crippen LogP contribution in [0.15, 0.2) is 40.5 Å². The molecule has 1 atom stereocenters. The van der Waals surface area contributed by atoms with Gasteiger partial charge in [-0.15, -0.1) is 0 Å². The van der Waals surface area contributed by atoms with Crippen LogP contribution >= 0.6 is 0 Å². The first-order chi connectivity index (χ1) is 20.8. The average Bonchev–Trinajstić information content (AvgIpc) is 2.97. The molecule has 1 unspecified atom stereocenters. The van der Waals surface area contributed by atoms with E-state index >= 15 is 4.39 Å². The zero-order valence-electron chi connectivity index (χ0n) is 25.0. The van der Waals surface area contributed by atoms with Gasteiger partial charge in [-0.05, 0) is 76.7 Å². The summed E-state index contributed by atoms with van der Waals surface area (Å²) in [6.07, 6.45) is 6.05. The number of aromatic nitrogens is 2. The van der Waals surface area contributed by atoms with Gasteiger partial charge in [0.25, 0.3) is 0 Å². The lowest BCUT2D eigenvalue weighted by Gasteiger charge is -2.35. The van der Waals surface area contributed by atoms with Crippen molar-refractivity contribution in [2.24, 2.45) is 16.6 Å². The van der Waals surface area contributed by atoms with Gasteiger partial charge < -0.3 is 21.1 Å². The Morgan fingerprint density at radius 1 is 1.18 bits per heavy atom. The summed E-state index contributed by atoms with van der Waals surface area (Å²) in [4.78, 5) is 14.4. The lowest BCUT2D eigenvalue weighted by atomic mass is 9.88. The first-order valence-corrected chi connectivity index (χ1v) is 16.0. The molecule has 0 bridgehead atoms. The van der Waals surface area contributed by atoms with Gasteiger partial charge in [0.05, 0.1) is 28.4 Å². The number of benzene rings is 1. The summed E-state index contributed by atoms with van der Waals surface area (Å²) in [7, 11) is -1.64. The Labute approximate surface area is 258 Å². The van der Waals surface area contributed by atoms with Gasteiger partial charge >= 0.3 is 6.18 Å². The molecule has 5 N–H and O–H groups in total. The monoisotopic (exact) mass is 639 g/mol. The Morgan fingerprint density at radius 3 is 2.50 bits per heavy atom. The Morgan fingerprint density at radius 2 is 1.89 bits per heavy atom. The highest BCUT2D eigenvalue weighted by Gasteiger charge is 2.36. The molecule has 44 heavy (non-hydrogen) atoms. The van der Waals surface area contributed by atoms with Crippen LogP contribution in [0.3, 0.4) is 0 Å². The Balaban J connectivity index is 1.40. The maximum Gasteiger partial charge on any atom is 0.419 e. The molecule has 2 aromatic rings. The number of hydrogen-bond acceptors (Lipinski definition) is 8. The van der Waals surface area contributed by atoms with Crippen LogP contribution in [-0.4, -0.2) is 68.2 Å². The summed E-state index contributed by atoms with van der Waals surface area (Å²) < 4.78 is 72.4. The molecule has 9 nitrogen and oxygen atoms in total. The summed E-state index contributed by atoms with van der Waals surface area (Å²) >= 11 is 0. The highest BCUT2D eigenvalue weighted by Crippen LogP contribution is 2.34. The third-order valence-corrected chi connectivity index (χ3v) is 8.99. The number of halogens is 4. The first kappa shape index (κ1) is 33.9. The topological polar surface area (TPSA) is 129 Å². The van der Waals surface area contributed by atoms with Crippen molar-refractivity contribution >= 4 is 34.4 Å². The number of aliphatic hydroxyl groups is 1. The SMILES string of the molecule is CC(C)(O)CN=C/C(=C\N)c1nc(Nc2ccc(S(=O)NC3CCN(CC4CCCCC4)CC3)cc2F)ncc1C(F)(F)F. The molecule has 0 amide bonds. The minimum absolute atomic E-state index is 0.0510. The van der Waals surface area contributed by atoms with Gasteiger partial charge in [-0.3, -0.25) is 4.99 Å². The van der Waals surface area contributed by atoms with E-state index in [0.717, 1.165) is 56.9 Å². The number of rotatable bonds is 11. The van der Waals surface area contributed by atoms with Crippen molar-refractivity contribution in [3.05, 3.63) is 47.7 Å². The molecule has 0 radical (unpaired) electrons. The van der Waals surface area contributed by atoms with Crippen molar-refractivity contribution in [2.45, 2.75) is 81.5 Å². The highest BCUT2D eigenvalue weighted by atomic mass is 32.2. The van der Waals surface area contributed by atoms with Crippen molar-refractivity contribution in [3.63, 3.8) is 0 Å². The maximum atomic E-state index is 15.1. The largest absolute Gasteiger partial charge is 0.419 e. The van der Waals surface area contributed by atoms with Gasteiger partial charge in [-0.2, -0.15) is 13.2 Å².